The van der Waals surface area contributed by atoms with Gasteiger partial charge < -0.3 is 5.73 Å². The third-order valence-electron chi connectivity index (χ3n) is 4.30. The molecule has 4 heteroatoms. The topological polar surface area (TPSA) is 56.7 Å². The Balaban J connectivity index is 1.88. The van der Waals surface area contributed by atoms with Crippen LogP contribution in [0.25, 0.3) is 5.69 Å². The zero-order valence-corrected chi connectivity index (χ0v) is 11.0. The number of fused-ring (bicyclic) bond motifs is 1. The summed E-state index contributed by atoms with van der Waals surface area (Å²) in [4.78, 5) is 0. The number of benzene rings is 1. The van der Waals surface area contributed by atoms with Crippen molar-refractivity contribution in [3.8, 4) is 5.69 Å². The second-order valence-corrected chi connectivity index (χ2v) is 5.67. The summed E-state index contributed by atoms with van der Waals surface area (Å²) in [7, 11) is 0. The molecule has 0 unspecified atom stereocenters. The van der Waals surface area contributed by atoms with E-state index < -0.39 is 0 Å². The molecule has 1 aromatic carbocycles. The molecule has 0 spiro atoms. The Bertz CT molecular complexity index is 625. The van der Waals surface area contributed by atoms with Crippen molar-refractivity contribution in [3.63, 3.8) is 0 Å². The Hall–Kier alpha value is -1.84. The second-order valence-electron chi connectivity index (χ2n) is 5.67. The Morgan fingerprint density at radius 1 is 1.16 bits per heavy atom. The van der Waals surface area contributed by atoms with Crippen molar-refractivity contribution in [3.05, 3.63) is 35.0 Å². The molecule has 0 saturated heterocycles. The molecule has 1 heterocycles. The van der Waals surface area contributed by atoms with Crippen molar-refractivity contribution in [2.75, 3.05) is 5.73 Å². The molecule has 2 aliphatic carbocycles. The average Bonchev–Trinajstić information content (AvgIpc) is 3.21. The van der Waals surface area contributed by atoms with Gasteiger partial charge in [0.1, 0.15) is 0 Å². The van der Waals surface area contributed by atoms with Crippen LogP contribution in [0.1, 0.15) is 48.4 Å². The molecule has 4 nitrogen and oxygen atoms in total. The minimum Gasteiger partial charge on any atom is -0.381 e. The van der Waals surface area contributed by atoms with E-state index in [2.05, 4.69) is 28.5 Å². The predicted molar refractivity (Wildman–Crippen MR) is 74.4 cm³/mol. The van der Waals surface area contributed by atoms with Gasteiger partial charge in [0.05, 0.1) is 11.4 Å². The summed E-state index contributed by atoms with van der Waals surface area (Å²) in [6.07, 6.45) is 7.33. The Labute approximate surface area is 112 Å². The number of nitrogen functional groups attached to an aromatic ring is 1. The van der Waals surface area contributed by atoms with Crippen LogP contribution in [0.15, 0.2) is 18.2 Å². The first-order valence-corrected chi connectivity index (χ1v) is 7.17. The van der Waals surface area contributed by atoms with Crippen LogP contribution in [0.3, 0.4) is 0 Å². The van der Waals surface area contributed by atoms with Gasteiger partial charge in [-0.15, -0.1) is 5.10 Å². The number of anilines is 1. The van der Waals surface area contributed by atoms with Gasteiger partial charge in [0.2, 0.25) is 0 Å². The standard InChI is InChI=1S/C15H18N4/c16-15-14(11-8-9-11)19(18-17-15)13-7-3-5-10-4-1-2-6-12(10)13/h3,5,7,11H,1-2,4,6,8-9,16H2. The molecule has 2 aliphatic rings. The molecule has 0 aliphatic heterocycles. The minimum atomic E-state index is 0.564. The fourth-order valence-electron chi connectivity index (χ4n) is 3.18. The Kier molecular flexibility index (Phi) is 2.37. The van der Waals surface area contributed by atoms with Gasteiger partial charge in [0, 0.05) is 5.92 Å². The molecule has 0 radical (unpaired) electrons. The van der Waals surface area contributed by atoms with Crippen LogP contribution in [0, 0.1) is 0 Å². The van der Waals surface area contributed by atoms with E-state index in [1.54, 1.807) is 0 Å². The van der Waals surface area contributed by atoms with Crippen LogP contribution in [0.4, 0.5) is 5.82 Å². The molecule has 0 atom stereocenters. The number of hydrogen-bond acceptors (Lipinski definition) is 3. The van der Waals surface area contributed by atoms with E-state index in [-0.39, 0.29) is 0 Å². The van der Waals surface area contributed by atoms with Gasteiger partial charge in [-0.05, 0) is 55.7 Å². The van der Waals surface area contributed by atoms with Crippen LogP contribution < -0.4 is 5.73 Å². The number of hydrogen-bond donors (Lipinski definition) is 1. The summed E-state index contributed by atoms with van der Waals surface area (Å²) in [6, 6.07) is 6.53. The highest BCUT2D eigenvalue weighted by Crippen LogP contribution is 2.43. The van der Waals surface area contributed by atoms with Gasteiger partial charge >= 0.3 is 0 Å². The highest BCUT2D eigenvalue weighted by Gasteiger charge is 2.31. The normalized spacial score (nSPS) is 18.3. The lowest BCUT2D eigenvalue weighted by atomic mass is 9.90. The SMILES string of the molecule is Nc1nnn(-c2cccc3c2CCCC3)c1C1CC1. The first-order valence-electron chi connectivity index (χ1n) is 7.17. The molecule has 4 rings (SSSR count). The molecule has 0 bridgehead atoms. The number of nitrogens with two attached hydrogens (primary N) is 1. The molecular weight excluding hydrogens is 236 g/mol. The summed E-state index contributed by atoms with van der Waals surface area (Å²) < 4.78 is 2.00. The van der Waals surface area contributed by atoms with Crippen LogP contribution in [0.2, 0.25) is 0 Å². The molecule has 0 amide bonds. The lowest BCUT2D eigenvalue weighted by Crippen LogP contribution is -2.11. The molecular formula is C15H18N4. The molecule has 2 N–H and O–H groups in total. The van der Waals surface area contributed by atoms with Crippen LogP contribution in [-0.2, 0) is 12.8 Å². The van der Waals surface area contributed by atoms with Crippen molar-refractivity contribution in [2.24, 2.45) is 0 Å². The average molecular weight is 254 g/mol. The predicted octanol–water partition coefficient (Wildman–Crippen LogP) is 2.61. The van der Waals surface area contributed by atoms with Crippen molar-refractivity contribution in [1.29, 1.82) is 0 Å². The van der Waals surface area contributed by atoms with E-state index in [0.29, 0.717) is 11.7 Å². The molecule has 1 aromatic heterocycles. The highest BCUT2D eigenvalue weighted by atomic mass is 15.4. The van der Waals surface area contributed by atoms with Crippen LogP contribution >= 0.6 is 0 Å². The van der Waals surface area contributed by atoms with E-state index in [0.717, 1.165) is 12.1 Å². The zero-order chi connectivity index (χ0) is 12.8. The second kappa shape index (κ2) is 4.08. The van der Waals surface area contributed by atoms with Gasteiger partial charge in [0.25, 0.3) is 0 Å². The number of aromatic nitrogens is 3. The van der Waals surface area contributed by atoms with Gasteiger partial charge in [0.15, 0.2) is 5.82 Å². The Morgan fingerprint density at radius 2 is 2.00 bits per heavy atom. The fourth-order valence-corrected chi connectivity index (χ4v) is 3.18. The number of rotatable bonds is 2. The van der Waals surface area contributed by atoms with Gasteiger partial charge in [-0.25, -0.2) is 4.68 Å². The van der Waals surface area contributed by atoms with Gasteiger partial charge in [-0.2, -0.15) is 0 Å². The summed E-state index contributed by atoms with van der Waals surface area (Å²) >= 11 is 0. The van der Waals surface area contributed by atoms with Gasteiger partial charge in [-0.1, -0.05) is 17.3 Å². The number of aryl methyl sites for hydroxylation is 1. The summed E-state index contributed by atoms with van der Waals surface area (Å²) in [5, 5.41) is 8.39. The highest BCUT2D eigenvalue weighted by molar-refractivity contribution is 5.51. The van der Waals surface area contributed by atoms with Crippen molar-refractivity contribution in [1.82, 2.24) is 15.0 Å². The monoisotopic (exact) mass is 254 g/mol. The number of nitrogens with zero attached hydrogens (tertiary/aromatic N) is 3. The summed E-state index contributed by atoms with van der Waals surface area (Å²) in [5.41, 5.74) is 11.2. The third kappa shape index (κ3) is 1.74. The lowest BCUT2D eigenvalue weighted by Gasteiger charge is -2.19. The van der Waals surface area contributed by atoms with E-state index in [9.17, 15) is 0 Å². The first-order chi connectivity index (χ1) is 9.34. The first kappa shape index (κ1) is 11.0. The third-order valence-corrected chi connectivity index (χ3v) is 4.30. The lowest BCUT2D eigenvalue weighted by molar-refractivity contribution is 0.669. The van der Waals surface area contributed by atoms with Gasteiger partial charge in [-0.3, -0.25) is 0 Å². The Morgan fingerprint density at radius 3 is 2.84 bits per heavy atom. The molecule has 1 saturated carbocycles. The fraction of sp³-hybridized carbons (Fsp3) is 0.467. The van der Waals surface area contributed by atoms with Crippen LogP contribution in [0.5, 0.6) is 0 Å². The van der Waals surface area contributed by atoms with E-state index >= 15 is 0 Å². The quantitative estimate of drug-likeness (QED) is 0.896. The molecule has 1 fully saturated rings. The maximum absolute atomic E-state index is 6.00. The summed E-state index contributed by atoms with van der Waals surface area (Å²) in [5.74, 6) is 1.17. The van der Waals surface area contributed by atoms with E-state index in [1.165, 1.54) is 48.9 Å². The smallest absolute Gasteiger partial charge is 0.169 e. The van der Waals surface area contributed by atoms with E-state index in [1.807, 2.05) is 4.68 Å². The maximum atomic E-state index is 6.00. The minimum absolute atomic E-state index is 0.564. The summed E-state index contributed by atoms with van der Waals surface area (Å²) in [6.45, 7) is 0. The van der Waals surface area contributed by atoms with Crippen LogP contribution in [-0.4, -0.2) is 15.0 Å². The molecule has 19 heavy (non-hydrogen) atoms. The van der Waals surface area contributed by atoms with Crippen molar-refractivity contribution < 1.29 is 0 Å². The largest absolute Gasteiger partial charge is 0.381 e. The maximum Gasteiger partial charge on any atom is 0.169 e. The van der Waals surface area contributed by atoms with Crippen molar-refractivity contribution >= 4 is 5.82 Å². The molecule has 98 valence electrons. The zero-order valence-electron chi connectivity index (χ0n) is 11.0. The van der Waals surface area contributed by atoms with E-state index in [4.69, 9.17) is 5.73 Å². The van der Waals surface area contributed by atoms with Crippen molar-refractivity contribution in [2.45, 2.75) is 44.4 Å². The molecule has 2 aromatic rings.